The molecule has 1 aromatic carbocycles. The van der Waals surface area contributed by atoms with E-state index in [-0.39, 0.29) is 18.2 Å². The first kappa shape index (κ1) is 18.1. The Balaban J connectivity index is 1.84. The number of aryl methyl sites for hydroxylation is 1. The number of pyridine rings is 1. The predicted molar refractivity (Wildman–Crippen MR) is 92.5 cm³/mol. The molecule has 2 aromatic rings. The van der Waals surface area contributed by atoms with Crippen molar-refractivity contribution in [2.24, 2.45) is 0 Å². The van der Waals surface area contributed by atoms with E-state index in [1.807, 2.05) is 25.1 Å². The minimum absolute atomic E-state index is 0.130. The van der Waals surface area contributed by atoms with E-state index in [2.05, 4.69) is 15.0 Å². The molecule has 1 heterocycles. The molecule has 1 amide bonds. The maximum atomic E-state index is 12.1. The van der Waals surface area contributed by atoms with Gasteiger partial charge in [-0.1, -0.05) is 31.2 Å². The summed E-state index contributed by atoms with van der Waals surface area (Å²) < 4.78 is 26.6. The van der Waals surface area contributed by atoms with Gasteiger partial charge in [0, 0.05) is 18.9 Å². The highest BCUT2D eigenvalue weighted by Gasteiger charge is 2.15. The highest BCUT2D eigenvalue weighted by molar-refractivity contribution is 7.88. The Morgan fingerprint density at radius 1 is 1.08 bits per heavy atom. The molecule has 0 unspecified atom stereocenters. The fraction of sp³-hybridized carbons (Fsp3) is 0.294. The normalized spacial score (nSPS) is 11.2. The Kier molecular flexibility index (Phi) is 6.45. The molecule has 0 bridgehead atoms. The fourth-order valence-electron chi connectivity index (χ4n) is 2.24. The van der Waals surface area contributed by atoms with Crippen LogP contribution < -0.4 is 10.0 Å². The van der Waals surface area contributed by atoms with Crippen LogP contribution in [0.3, 0.4) is 0 Å². The van der Waals surface area contributed by atoms with Gasteiger partial charge in [-0.25, -0.2) is 13.1 Å². The first-order valence-corrected chi connectivity index (χ1v) is 9.35. The van der Waals surface area contributed by atoms with E-state index in [4.69, 9.17) is 0 Å². The number of rotatable bonds is 8. The van der Waals surface area contributed by atoms with Crippen LogP contribution in [0.5, 0.6) is 0 Å². The molecular formula is C17H21N3O3S. The Morgan fingerprint density at radius 3 is 2.42 bits per heavy atom. The zero-order valence-electron chi connectivity index (χ0n) is 13.5. The molecule has 0 aliphatic heterocycles. The Bertz CT molecular complexity index is 777. The molecular weight excluding hydrogens is 326 g/mol. The number of hydrogen-bond acceptors (Lipinski definition) is 4. The van der Waals surface area contributed by atoms with Gasteiger partial charge in [0.25, 0.3) is 0 Å². The first-order chi connectivity index (χ1) is 11.5. The fourth-order valence-corrected chi connectivity index (χ4v) is 3.38. The zero-order chi connectivity index (χ0) is 17.4. The second-order valence-electron chi connectivity index (χ2n) is 5.33. The molecule has 0 spiro atoms. The van der Waals surface area contributed by atoms with Crippen LogP contribution in [-0.4, -0.2) is 25.9 Å². The number of nitrogens with one attached hydrogen (secondary N) is 2. The van der Waals surface area contributed by atoms with Crippen LogP contribution in [-0.2, 0) is 33.5 Å². The maximum Gasteiger partial charge on any atom is 0.235 e. The van der Waals surface area contributed by atoms with Gasteiger partial charge in [-0.15, -0.1) is 0 Å². The van der Waals surface area contributed by atoms with Gasteiger partial charge >= 0.3 is 0 Å². The van der Waals surface area contributed by atoms with E-state index in [0.29, 0.717) is 6.54 Å². The van der Waals surface area contributed by atoms with Crippen LogP contribution in [0.25, 0.3) is 0 Å². The van der Waals surface area contributed by atoms with E-state index in [0.717, 1.165) is 23.1 Å². The summed E-state index contributed by atoms with van der Waals surface area (Å²) >= 11 is 0. The summed E-state index contributed by atoms with van der Waals surface area (Å²) in [7, 11) is -3.57. The maximum absolute atomic E-state index is 12.1. The van der Waals surface area contributed by atoms with E-state index in [1.54, 1.807) is 30.6 Å². The summed E-state index contributed by atoms with van der Waals surface area (Å²) in [5.41, 5.74) is 2.65. The number of benzene rings is 1. The van der Waals surface area contributed by atoms with Crippen LogP contribution in [0.15, 0.2) is 48.8 Å². The molecule has 6 nitrogen and oxygen atoms in total. The molecule has 2 N–H and O–H groups in total. The van der Waals surface area contributed by atoms with Gasteiger partial charge in [-0.2, -0.15) is 0 Å². The van der Waals surface area contributed by atoms with Gasteiger partial charge in [-0.3, -0.25) is 9.78 Å². The molecule has 0 atom stereocenters. The van der Waals surface area contributed by atoms with Crippen LogP contribution in [0.2, 0.25) is 0 Å². The number of carbonyl (C=O) groups excluding carboxylic acids is 1. The molecule has 24 heavy (non-hydrogen) atoms. The number of hydrogen-bond donors (Lipinski definition) is 2. The van der Waals surface area contributed by atoms with Crippen LogP contribution >= 0.6 is 0 Å². The lowest BCUT2D eigenvalue weighted by Crippen LogP contribution is -2.37. The van der Waals surface area contributed by atoms with E-state index in [9.17, 15) is 13.2 Å². The zero-order valence-corrected chi connectivity index (χ0v) is 14.3. The molecule has 0 fully saturated rings. The standard InChI is InChI=1S/C17H21N3O3S/c1-2-15-5-3-4-6-16(15)13-24(22,23)20-12-17(21)19-11-14-7-9-18-10-8-14/h3-10,20H,2,11-13H2,1H3,(H,19,21). The van der Waals surface area contributed by atoms with Gasteiger partial charge in [0.05, 0.1) is 12.3 Å². The SMILES string of the molecule is CCc1ccccc1CS(=O)(=O)NCC(=O)NCc1ccncc1. The highest BCUT2D eigenvalue weighted by atomic mass is 32.2. The summed E-state index contributed by atoms with van der Waals surface area (Å²) in [4.78, 5) is 15.7. The minimum Gasteiger partial charge on any atom is -0.351 e. The quantitative estimate of drug-likeness (QED) is 0.755. The van der Waals surface area contributed by atoms with E-state index in [1.165, 1.54) is 0 Å². The molecule has 0 aliphatic carbocycles. The van der Waals surface area contributed by atoms with Crippen molar-refractivity contribution in [1.29, 1.82) is 0 Å². The molecule has 0 aliphatic rings. The Hall–Kier alpha value is -2.25. The van der Waals surface area contributed by atoms with Gasteiger partial charge in [0.2, 0.25) is 15.9 Å². The summed E-state index contributed by atoms with van der Waals surface area (Å²) in [6.45, 7) is 2.04. The third-order valence-corrected chi connectivity index (χ3v) is 4.81. The van der Waals surface area contributed by atoms with Crippen LogP contribution in [0.1, 0.15) is 23.6 Å². The number of carbonyl (C=O) groups is 1. The van der Waals surface area contributed by atoms with Crippen molar-refractivity contribution >= 4 is 15.9 Å². The predicted octanol–water partition coefficient (Wildman–Crippen LogP) is 1.38. The minimum atomic E-state index is -3.57. The van der Waals surface area contributed by atoms with Crippen molar-refractivity contribution in [2.45, 2.75) is 25.6 Å². The van der Waals surface area contributed by atoms with Crippen molar-refractivity contribution < 1.29 is 13.2 Å². The van der Waals surface area contributed by atoms with Crippen LogP contribution in [0.4, 0.5) is 0 Å². The molecule has 0 radical (unpaired) electrons. The van der Waals surface area contributed by atoms with Gasteiger partial charge in [0.1, 0.15) is 0 Å². The lowest BCUT2D eigenvalue weighted by Gasteiger charge is -2.10. The van der Waals surface area contributed by atoms with Crippen molar-refractivity contribution in [3.8, 4) is 0 Å². The smallest absolute Gasteiger partial charge is 0.235 e. The first-order valence-electron chi connectivity index (χ1n) is 7.70. The van der Waals surface area contributed by atoms with Gasteiger partial charge in [0.15, 0.2) is 0 Å². The third-order valence-electron chi connectivity index (χ3n) is 3.54. The second-order valence-corrected chi connectivity index (χ2v) is 7.14. The summed E-state index contributed by atoms with van der Waals surface area (Å²) in [6.07, 6.45) is 4.03. The highest BCUT2D eigenvalue weighted by Crippen LogP contribution is 2.12. The average molecular weight is 347 g/mol. The largest absolute Gasteiger partial charge is 0.351 e. The van der Waals surface area contributed by atoms with Crippen LogP contribution in [0, 0.1) is 0 Å². The summed E-state index contributed by atoms with van der Waals surface area (Å²) in [5, 5.41) is 2.66. The number of aromatic nitrogens is 1. The van der Waals surface area contributed by atoms with Crippen molar-refractivity contribution in [2.75, 3.05) is 6.54 Å². The third kappa shape index (κ3) is 5.75. The van der Waals surface area contributed by atoms with E-state index >= 15 is 0 Å². The summed E-state index contributed by atoms with van der Waals surface area (Å²) in [5.74, 6) is -0.506. The molecule has 7 heteroatoms. The molecule has 0 saturated heterocycles. The number of sulfonamides is 1. The van der Waals surface area contributed by atoms with E-state index < -0.39 is 10.0 Å². The monoisotopic (exact) mass is 347 g/mol. The van der Waals surface area contributed by atoms with Crippen molar-refractivity contribution in [3.63, 3.8) is 0 Å². The lowest BCUT2D eigenvalue weighted by atomic mass is 10.1. The van der Waals surface area contributed by atoms with Gasteiger partial charge in [-0.05, 0) is 35.2 Å². The Labute approximate surface area is 142 Å². The molecule has 1 aromatic heterocycles. The average Bonchev–Trinajstić information content (AvgIpc) is 2.59. The van der Waals surface area contributed by atoms with Crippen molar-refractivity contribution in [3.05, 3.63) is 65.5 Å². The second kappa shape index (κ2) is 8.56. The topological polar surface area (TPSA) is 88.2 Å². The lowest BCUT2D eigenvalue weighted by molar-refractivity contribution is -0.120. The van der Waals surface area contributed by atoms with Gasteiger partial charge < -0.3 is 5.32 Å². The summed E-state index contributed by atoms with van der Waals surface area (Å²) in [6, 6.07) is 11.0. The molecule has 128 valence electrons. The Morgan fingerprint density at radius 2 is 1.75 bits per heavy atom. The number of amides is 1. The number of nitrogens with zero attached hydrogens (tertiary/aromatic N) is 1. The molecule has 0 saturated carbocycles. The van der Waals surface area contributed by atoms with Crippen molar-refractivity contribution in [1.82, 2.24) is 15.0 Å². The molecule has 2 rings (SSSR count).